The van der Waals surface area contributed by atoms with Gasteiger partial charge < -0.3 is 15.0 Å². The zero-order valence-corrected chi connectivity index (χ0v) is 14.6. The van der Waals surface area contributed by atoms with Crippen molar-refractivity contribution in [1.29, 1.82) is 0 Å². The van der Waals surface area contributed by atoms with E-state index in [4.69, 9.17) is 4.74 Å². The molecule has 0 bridgehead atoms. The highest BCUT2D eigenvalue weighted by molar-refractivity contribution is 7.99. The predicted octanol–water partition coefficient (Wildman–Crippen LogP) is 2.12. The average molecular weight is 352 g/mol. The first-order valence-electron chi connectivity index (χ1n) is 8.07. The van der Waals surface area contributed by atoms with Gasteiger partial charge in [0, 0.05) is 37.4 Å². The maximum Gasteiger partial charge on any atom is 0.315 e. The van der Waals surface area contributed by atoms with Crippen LogP contribution < -0.4 is 10.2 Å². The van der Waals surface area contributed by atoms with Crippen molar-refractivity contribution in [3.05, 3.63) is 29.6 Å². The molecule has 7 heteroatoms. The second-order valence-corrected chi connectivity index (χ2v) is 7.43. The number of benzene rings is 1. The number of hydrogen-bond donors (Lipinski definition) is 1. The quantitative estimate of drug-likeness (QED) is 0.845. The molecule has 1 amide bonds. The van der Waals surface area contributed by atoms with E-state index in [1.807, 2.05) is 23.6 Å². The SMILES string of the molecule is CC(=O)N[C@@H]1OC(=O)[C@@H](c2ccc(N3CCSCC3)c(F)c2)C1C. The molecule has 2 heterocycles. The molecule has 0 spiro atoms. The van der Waals surface area contributed by atoms with Crippen LogP contribution in [0.1, 0.15) is 25.3 Å². The highest BCUT2D eigenvalue weighted by Gasteiger charge is 2.43. The molecule has 1 unspecified atom stereocenters. The molecule has 2 saturated heterocycles. The molecule has 5 nitrogen and oxygen atoms in total. The van der Waals surface area contributed by atoms with Crippen molar-refractivity contribution in [2.75, 3.05) is 29.5 Å². The number of thioether (sulfide) groups is 1. The van der Waals surface area contributed by atoms with Gasteiger partial charge in [0.05, 0.1) is 11.6 Å². The van der Waals surface area contributed by atoms with Crippen molar-refractivity contribution in [1.82, 2.24) is 5.32 Å². The van der Waals surface area contributed by atoms with Gasteiger partial charge in [0.1, 0.15) is 5.82 Å². The lowest BCUT2D eigenvalue weighted by Gasteiger charge is -2.29. The van der Waals surface area contributed by atoms with Gasteiger partial charge in [-0.3, -0.25) is 9.59 Å². The van der Waals surface area contributed by atoms with E-state index in [1.54, 1.807) is 12.1 Å². The second kappa shape index (κ2) is 7.01. The van der Waals surface area contributed by atoms with Crippen molar-refractivity contribution in [2.24, 2.45) is 5.92 Å². The van der Waals surface area contributed by atoms with E-state index in [0.29, 0.717) is 11.3 Å². The van der Waals surface area contributed by atoms with Gasteiger partial charge in [-0.25, -0.2) is 4.39 Å². The summed E-state index contributed by atoms with van der Waals surface area (Å²) in [4.78, 5) is 25.4. The lowest BCUT2D eigenvalue weighted by Crippen LogP contribution is -2.36. The number of amides is 1. The third kappa shape index (κ3) is 3.36. The number of rotatable bonds is 3. The Bertz CT molecular complexity index is 649. The number of carbonyl (C=O) groups is 2. The summed E-state index contributed by atoms with van der Waals surface area (Å²) in [6.07, 6.45) is -0.665. The summed E-state index contributed by atoms with van der Waals surface area (Å²) in [5.41, 5.74) is 1.17. The molecular weight excluding hydrogens is 331 g/mol. The Kier molecular flexibility index (Phi) is 4.99. The molecular formula is C17H21FN2O3S. The molecule has 0 radical (unpaired) electrons. The van der Waals surface area contributed by atoms with Gasteiger partial charge in [-0.2, -0.15) is 11.8 Å². The Morgan fingerprint density at radius 3 is 2.71 bits per heavy atom. The van der Waals surface area contributed by atoms with Crippen LogP contribution in [0.25, 0.3) is 0 Å². The maximum absolute atomic E-state index is 14.6. The van der Waals surface area contributed by atoms with Crippen LogP contribution >= 0.6 is 11.8 Å². The summed E-state index contributed by atoms with van der Waals surface area (Å²) >= 11 is 1.87. The number of nitrogens with zero attached hydrogens (tertiary/aromatic N) is 1. The average Bonchev–Trinajstić information content (AvgIpc) is 2.81. The van der Waals surface area contributed by atoms with Crippen LogP contribution in [0.15, 0.2) is 18.2 Å². The largest absolute Gasteiger partial charge is 0.441 e. The Morgan fingerprint density at radius 2 is 2.08 bits per heavy atom. The van der Waals surface area contributed by atoms with Crippen molar-refractivity contribution in [2.45, 2.75) is 26.0 Å². The number of esters is 1. The lowest BCUT2D eigenvalue weighted by atomic mass is 9.88. The van der Waals surface area contributed by atoms with Crippen LogP contribution in [0.4, 0.5) is 10.1 Å². The minimum atomic E-state index is -0.665. The summed E-state index contributed by atoms with van der Waals surface area (Å²) in [7, 11) is 0. The van der Waals surface area contributed by atoms with E-state index in [2.05, 4.69) is 5.32 Å². The van der Waals surface area contributed by atoms with Crippen molar-refractivity contribution < 1.29 is 18.7 Å². The molecule has 1 aromatic carbocycles. The first-order valence-corrected chi connectivity index (χ1v) is 9.22. The van der Waals surface area contributed by atoms with Gasteiger partial charge >= 0.3 is 5.97 Å². The van der Waals surface area contributed by atoms with E-state index in [9.17, 15) is 14.0 Å². The van der Waals surface area contributed by atoms with E-state index >= 15 is 0 Å². The highest BCUT2D eigenvalue weighted by Crippen LogP contribution is 2.37. The minimum Gasteiger partial charge on any atom is -0.441 e. The predicted molar refractivity (Wildman–Crippen MR) is 91.5 cm³/mol. The second-order valence-electron chi connectivity index (χ2n) is 6.21. The van der Waals surface area contributed by atoms with Crippen molar-refractivity contribution in [3.8, 4) is 0 Å². The van der Waals surface area contributed by atoms with Gasteiger partial charge in [0.15, 0.2) is 6.23 Å². The third-order valence-electron chi connectivity index (χ3n) is 4.53. The Hall–Kier alpha value is -1.76. The van der Waals surface area contributed by atoms with Crippen LogP contribution in [0.3, 0.4) is 0 Å². The van der Waals surface area contributed by atoms with Crippen LogP contribution in [0.2, 0.25) is 0 Å². The Morgan fingerprint density at radius 1 is 1.38 bits per heavy atom. The lowest BCUT2D eigenvalue weighted by molar-refractivity contribution is -0.144. The zero-order chi connectivity index (χ0) is 17.3. The summed E-state index contributed by atoms with van der Waals surface area (Å²) in [5, 5.41) is 2.61. The molecule has 1 N–H and O–H groups in total. The Balaban J connectivity index is 1.80. The molecule has 3 rings (SSSR count). The number of ether oxygens (including phenoxy) is 1. The summed E-state index contributed by atoms with van der Waals surface area (Å²) in [5.74, 6) is 0.159. The van der Waals surface area contributed by atoms with E-state index in [1.165, 1.54) is 13.0 Å². The van der Waals surface area contributed by atoms with Gasteiger partial charge in [0.25, 0.3) is 0 Å². The zero-order valence-electron chi connectivity index (χ0n) is 13.8. The Labute approximate surface area is 144 Å². The van der Waals surface area contributed by atoms with Gasteiger partial charge in [-0.1, -0.05) is 13.0 Å². The fourth-order valence-corrected chi connectivity index (χ4v) is 4.18. The fraction of sp³-hybridized carbons (Fsp3) is 0.529. The standard InChI is InChI=1S/C17H21FN2O3S/c1-10-15(17(22)23-16(10)19-11(2)21)12-3-4-14(13(18)9-12)20-5-7-24-8-6-20/h3-4,9-10,15-16H,5-8H2,1-2H3,(H,19,21)/t10?,15-,16-/m1/s1. The number of anilines is 1. The highest BCUT2D eigenvalue weighted by atomic mass is 32.2. The number of hydrogen-bond acceptors (Lipinski definition) is 5. The molecule has 1 aromatic rings. The fourth-order valence-electron chi connectivity index (χ4n) is 3.27. The topological polar surface area (TPSA) is 58.6 Å². The van der Waals surface area contributed by atoms with Gasteiger partial charge in [0.2, 0.25) is 5.91 Å². The number of halogens is 1. The van der Waals surface area contributed by atoms with E-state index in [-0.39, 0.29) is 17.6 Å². The molecule has 3 atom stereocenters. The third-order valence-corrected chi connectivity index (χ3v) is 5.47. The summed E-state index contributed by atoms with van der Waals surface area (Å²) in [6, 6.07) is 4.96. The van der Waals surface area contributed by atoms with Crippen LogP contribution in [0, 0.1) is 11.7 Å². The normalized spacial score (nSPS) is 27.0. The van der Waals surface area contributed by atoms with Crippen LogP contribution in [0.5, 0.6) is 0 Å². The van der Waals surface area contributed by atoms with Crippen LogP contribution in [-0.4, -0.2) is 42.7 Å². The molecule has 2 aliphatic heterocycles. The minimum absolute atomic E-state index is 0.252. The van der Waals surface area contributed by atoms with E-state index < -0.39 is 18.1 Å². The summed E-state index contributed by atoms with van der Waals surface area (Å²) < 4.78 is 19.8. The monoisotopic (exact) mass is 352 g/mol. The summed E-state index contributed by atoms with van der Waals surface area (Å²) in [6.45, 7) is 4.85. The smallest absolute Gasteiger partial charge is 0.315 e. The van der Waals surface area contributed by atoms with Crippen LogP contribution in [-0.2, 0) is 14.3 Å². The molecule has 0 aliphatic carbocycles. The van der Waals surface area contributed by atoms with Crippen molar-refractivity contribution >= 4 is 29.3 Å². The molecule has 2 aliphatic rings. The van der Waals surface area contributed by atoms with Gasteiger partial charge in [-0.05, 0) is 17.7 Å². The molecule has 0 saturated carbocycles. The molecule has 24 heavy (non-hydrogen) atoms. The molecule has 130 valence electrons. The number of nitrogens with one attached hydrogen (secondary N) is 1. The molecule has 2 fully saturated rings. The van der Waals surface area contributed by atoms with E-state index in [0.717, 1.165) is 24.6 Å². The maximum atomic E-state index is 14.6. The first-order chi connectivity index (χ1) is 11.5. The number of cyclic esters (lactones) is 1. The molecule has 0 aromatic heterocycles. The van der Waals surface area contributed by atoms with Gasteiger partial charge in [-0.15, -0.1) is 0 Å². The van der Waals surface area contributed by atoms with Crippen molar-refractivity contribution in [3.63, 3.8) is 0 Å². The number of carbonyl (C=O) groups excluding carboxylic acids is 2. The first kappa shape index (κ1) is 17.1.